The molecule has 0 radical (unpaired) electrons. The average Bonchev–Trinajstić information content (AvgIpc) is 2.67. The van der Waals surface area contributed by atoms with Gasteiger partial charge in [-0.05, 0) is 17.7 Å². The molecule has 2 rings (SSSR count). The molecule has 1 heterocycles. The summed E-state index contributed by atoms with van der Waals surface area (Å²) in [6.07, 6.45) is 0. The monoisotopic (exact) mass is 252 g/mol. The molecule has 1 aromatic rings. The number of rotatable bonds is 6. The fourth-order valence-corrected chi connectivity index (χ4v) is 1.97. The van der Waals surface area contributed by atoms with E-state index in [2.05, 4.69) is 0 Å². The van der Waals surface area contributed by atoms with Crippen molar-refractivity contribution in [3.63, 3.8) is 0 Å². The van der Waals surface area contributed by atoms with Gasteiger partial charge in [-0.2, -0.15) is 0 Å². The van der Waals surface area contributed by atoms with Crippen molar-refractivity contribution in [2.24, 2.45) is 0 Å². The second-order valence-corrected chi connectivity index (χ2v) is 4.18. The molecule has 1 aromatic carbocycles. The molecule has 4 nitrogen and oxygen atoms in total. The zero-order valence-electron chi connectivity index (χ0n) is 10.4. The topological polar surface area (TPSA) is 45.6 Å². The highest BCUT2D eigenvalue weighted by Gasteiger charge is 2.23. The van der Waals surface area contributed by atoms with E-state index in [4.69, 9.17) is 14.9 Å². The highest BCUT2D eigenvalue weighted by atomic mass is 19.1. The van der Waals surface area contributed by atoms with Crippen molar-refractivity contribution in [2.75, 3.05) is 33.5 Å². The van der Waals surface area contributed by atoms with E-state index in [0.717, 1.165) is 5.56 Å². The van der Waals surface area contributed by atoms with Gasteiger partial charge >= 0.3 is 0 Å². The Balaban J connectivity index is 1.85. The van der Waals surface area contributed by atoms with Crippen LogP contribution in [0.25, 0.3) is 0 Å². The summed E-state index contributed by atoms with van der Waals surface area (Å²) in [5.74, 6) is 0.0801. The number of hydrogen-bond acceptors (Lipinski definition) is 3. The Bertz CT molecular complexity index is 437. The van der Waals surface area contributed by atoms with Crippen LogP contribution in [0.3, 0.4) is 0 Å². The van der Waals surface area contributed by atoms with Crippen LogP contribution in [0.4, 0.5) is 4.39 Å². The summed E-state index contributed by atoms with van der Waals surface area (Å²) in [5, 5.41) is 7.98. The largest absolute Gasteiger partial charge is 0.382 e. The van der Waals surface area contributed by atoms with Gasteiger partial charge in [0.25, 0.3) is 0 Å². The molecular formula is C13H17FN2O2. The molecule has 0 fully saturated rings. The SMILES string of the molecule is COCCOCCN1Cc2ccc(F)cc2C1=N. The minimum Gasteiger partial charge on any atom is -0.382 e. The van der Waals surface area contributed by atoms with E-state index < -0.39 is 0 Å². The molecule has 1 aliphatic heterocycles. The number of nitrogens with one attached hydrogen (secondary N) is 1. The first-order valence-electron chi connectivity index (χ1n) is 5.91. The summed E-state index contributed by atoms with van der Waals surface area (Å²) in [6.45, 7) is 2.96. The maximum atomic E-state index is 13.1. The van der Waals surface area contributed by atoms with Crippen molar-refractivity contribution in [1.82, 2.24) is 4.90 Å². The quantitative estimate of drug-likeness (QED) is 0.783. The number of amidine groups is 1. The number of hydrogen-bond donors (Lipinski definition) is 1. The summed E-state index contributed by atoms with van der Waals surface area (Å²) in [7, 11) is 1.63. The Morgan fingerprint density at radius 1 is 1.33 bits per heavy atom. The van der Waals surface area contributed by atoms with Gasteiger partial charge in [0.05, 0.1) is 19.8 Å². The molecule has 0 saturated heterocycles. The van der Waals surface area contributed by atoms with Crippen LogP contribution in [0.15, 0.2) is 18.2 Å². The summed E-state index contributed by atoms with van der Waals surface area (Å²) < 4.78 is 23.3. The van der Waals surface area contributed by atoms with E-state index in [0.29, 0.717) is 44.3 Å². The first kappa shape index (κ1) is 13.0. The van der Waals surface area contributed by atoms with Crippen molar-refractivity contribution in [3.05, 3.63) is 35.1 Å². The molecule has 0 amide bonds. The Hall–Kier alpha value is -1.46. The summed E-state index contributed by atoms with van der Waals surface area (Å²) in [4.78, 5) is 1.89. The van der Waals surface area contributed by atoms with Crippen LogP contribution < -0.4 is 0 Å². The van der Waals surface area contributed by atoms with Gasteiger partial charge in [0.15, 0.2) is 0 Å². The van der Waals surface area contributed by atoms with E-state index in [1.54, 1.807) is 13.2 Å². The average molecular weight is 252 g/mol. The van der Waals surface area contributed by atoms with Gasteiger partial charge in [-0.3, -0.25) is 5.41 Å². The van der Waals surface area contributed by atoms with Gasteiger partial charge in [-0.15, -0.1) is 0 Å². The van der Waals surface area contributed by atoms with Crippen LogP contribution >= 0.6 is 0 Å². The summed E-state index contributed by atoms with van der Waals surface area (Å²) in [6, 6.07) is 4.60. The maximum absolute atomic E-state index is 13.1. The fraction of sp³-hybridized carbons (Fsp3) is 0.462. The maximum Gasteiger partial charge on any atom is 0.128 e. The molecule has 0 aliphatic carbocycles. The number of ether oxygens (including phenoxy) is 2. The van der Waals surface area contributed by atoms with E-state index in [1.165, 1.54) is 12.1 Å². The third-order valence-corrected chi connectivity index (χ3v) is 2.94. The number of nitrogens with zero attached hydrogens (tertiary/aromatic N) is 1. The molecule has 0 spiro atoms. The van der Waals surface area contributed by atoms with Gasteiger partial charge < -0.3 is 14.4 Å². The lowest BCUT2D eigenvalue weighted by atomic mass is 10.1. The normalized spacial score (nSPS) is 14.1. The molecule has 98 valence electrons. The minimum absolute atomic E-state index is 0.295. The Kier molecular flexibility index (Phi) is 4.28. The van der Waals surface area contributed by atoms with Crippen molar-refractivity contribution < 1.29 is 13.9 Å². The second-order valence-electron chi connectivity index (χ2n) is 4.18. The van der Waals surface area contributed by atoms with Crippen molar-refractivity contribution in [3.8, 4) is 0 Å². The predicted octanol–water partition coefficient (Wildman–Crippen LogP) is 1.63. The zero-order chi connectivity index (χ0) is 13.0. The number of methoxy groups -OCH3 is 1. The van der Waals surface area contributed by atoms with Crippen LogP contribution in [0, 0.1) is 11.2 Å². The zero-order valence-corrected chi connectivity index (χ0v) is 10.4. The first-order valence-corrected chi connectivity index (χ1v) is 5.91. The molecule has 1 N–H and O–H groups in total. The van der Waals surface area contributed by atoms with Crippen LogP contribution in [-0.2, 0) is 16.0 Å². The number of halogens is 1. The van der Waals surface area contributed by atoms with E-state index in [1.807, 2.05) is 4.90 Å². The predicted molar refractivity (Wildman–Crippen MR) is 66.3 cm³/mol. The summed E-state index contributed by atoms with van der Waals surface area (Å²) in [5.41, 5.74) is 1.69. The lowest BCUT2D eigenvalue weighted by molar-refractivity contribution is 0.0646. The first-order chi connectivity index (χ1) is 8.72. The third kappa shape index (κ3) is 2.86. The Labute approximate surface area is 106 Å². The van der Waals surface area contributed by atoms with E-state index >= 15 is 0 Å². The summed E-state index contributed by atoms with van der Waals surface area (Å²) >= 11 is 0. The van der Waals surface area contributed by atoms with Crippen LogP contribution in [0.1, 0.15) is 11.1 Å². The van der Waals surface area contributed by atoms with Gasteiger partial charge in [-0.1, -0.05) is 6.07 Å². The molecule has 0 atom stereocenters. The fourth-order valence-electron chi connectivity index (χ4n) is 1.97. The lowest BCUT2D eigenvalue weighted by Crippen LogP contribution is -2.28. The smallest absolute Gasteiger partial charge is 0.128 e. The highest BCUT2D eigenvalue weighted by molar-refractivity contribution is 6.00. The molecule has 18 heavy (non-hydrogen) atoms. The molecule has 0 aromatic heterocycles. The Morgan fingerprint density at radius 3 is 2.94 bits per heavy atom. The van der Waals surface area contributed by atoms with Crippen LogP contribution in [-0.4, -0.2) is 44.2 Å². The van der Waals surface area contributed by atoms with Crippen LogP contribution in [0.5, 0.6) is 0 Å². The van der Waals surface area contributed by atoms with Gasteiger partial charge in [0.1, 0.15) is 11.7 Å². The van der Waals surface area contributed by atoms with E-state index in [9.17, 15) is 4.39 Å². The molecule has 0 unspecified atom stereocenters. The Morgan fingerprint density at radius 2 is 2.17 bits per heavy atom. The third-order valence-electron chi connectivity index (χ3n) is 2.94. The standard InChI is InChI=1S/C13H17FN2O2/c1-17-6-7-18-5-4-16-9-10-2-3-11(14)8-12(10)13(16)15/h2-3,8,15H,4-7,9H2,1H3. The van der Waals surface area contributed by atoms with Crippen molar-refractivity contribution >= 4 is 5.84 Å². The molecule has 0 saturated carbocycles. The van der Waals surface area contributed by atoms with Crippen molar-refractivity contribution in [1.29, 1.82) is 5.41 Å². The van der Waals surface area contributed by atoms with Gasteiger partial charge in [0.2, 0.25) is 0 Å². The molecule has 1 aliphatic rings. The molecule has 5 heteroatoms. The number of benzene rings is 1. The van der Waals surface area contributed by atoms with Crippen LogP contribution in [0.2, 0.25) is 0 Å². The molecule has 0 bridgehead atoms. The highest BCUT2D eigenvalue weighted by Crippen LogP contribution is 2.22. The van der Waals surface area contributed by atoms with Gasteiger partial charge in [-0.25, -0.2) is 4.39 Å². The molecular weight excluding hydrogens is 235 g/mol. The minimum atomic E-state index is -0.295. The number of fused-ring (bicyclic) bond motifs is 1. The van der Waals surface area contributed by atoms with Crippen molar-refractivity contribution in [2.45, 2.75) is 6.54 Å². The lowest BCUT2D eigenvalue weighted by Gasteiger charge is -2.17. The van der Waals surface area contributed by atoms with Gasteiger partial charge in [0, 0.05) is 25.8 Å². The van der Waals surface area contributed by atoms with E-state index in [-0.39, 0.29) is 5.82 Å². The second kappa shape index (κ2) is 5.93.